The van der Waals surface area contributed by atoms with E-state index in [1.54, 1.807) is 0 Å². The highest BCUT2D eigenvalue weighted by molar-refractivity contribution is 9.10. The van der Waals surface area contributed by atoms with E-state index in [0.717, 1.165) is 20.6 Å². The topological polar surface area (TPSA) is 47.9 Å². The zero-order valence-electron chi connectivity index (χ0n) is 14.5. The fourth-order valence-corrected chi connectivity index (χ4v) is 3.98. The maximum Gasteiger partial charge on any atom is 0.284 e. The smallest absolute Gasteiger partial charge is 0.284 e. The molecule has 2 aromatic rings. The average Bonchev–Trinajstić information content (AvgIpc) is 3.00. The van der Waals surface area contributed by atoms with Gasteiger partial charge in [0.15, 0.2) is 11.5 Å². The van der Waals surface area contributed by atoms with Gasteiger partial charge in [-0.3, -0.25) is 4.79 Å². The fraction of sp³-hybridized carbons (Fsp3) is 0.200. The molecule has 0 saturated heterocycles. The Morgan fingerprint density at radius 2 is 1.85 bits per heavy atom. The molecule has 0 unspecified atom stereocenters. The molecule has 1 amide bonds. The third-order valence-electron chi connectivity index (χ3n) is 3.56. The first-order chi connectivity index (χ1) is 12.6. The van der Waals surface area contributed by atoms with Gasteiger partial charge < -0.3 is 9.47 Å². The van der Waals surface area contributed by atoms with Crippen LogP contribution in [0.15, 0.2) is 56.8 Å². The van der Waals surface area contributed by atoms with Gasteiger partial charge in [-0.1, -0.05) is 42.1 Å². The molecule has 3 rings (SSSR count). The van der Waals surface area contributed by atoms with Crippen LogP contribution in [-0.2, 0) is 4.79 Å². The van der Waals surface area contributed by atoms with Gasteiger partial charge in [0.2, 0.25) is 0 Å². The van der Waals surface area contributed by atoms with E-state index >= 15 is 0 Å². The van der Waals surface area contributed by atoms with E-state index < -0.39 is 0 Å². The zero-order chi connectivity index (χ0) is 18.5. The third kappa shape index (κ3) is 4.19. The molecule has 0 spiro atoms. The Bertz CT molecular complexity index is 878. The predicted octanol–water partition coefficient (Wildman–Crippen LogP) is 5.31. The number of aliphatic imine (C=N–C) groups is 1. The summed E-state index contributed by atoms with van der Waals surface area (Å²) < 4.78 is 12.1. The van der Waals surface area contributed by atoms with Crippen molar-refractivity contribution >= 4 is 44.7 Å². The minimum atomic E-state index is -0.225. The van der Waals surface area contributed by atoms with Crippen molar-refractivity contribution in [2.24, 2.45) is 4.99 Å². The molecule has 0 aromatic heterocycles. The van der Waals surface area contributed by atoms with Crippen LogP contribution in [0.3, 0.4) is 0 Å². The first kappa shape index (κ1) is 18.7. The maximum absolute atomic E-state index is 12.3. The Labute approximate surface area is 165 Å². The van der Waals surface area contributed by atoms with Crippen LogP contribution in [0.5, 0.6) is 11.5 Å². The molecule has 134 valence electrons. The van der Waals surface area contributed by atoms with Gasteiger partial charge in [-0.25, -0.2) is 4.99 Å². The predicted molar refractivity (Wildman–Crippen MR) is 110 cm³/mol. The summed E-state index contributed by atoms with van der Waals surface area (Å²) in [7, 11) is 0. The number of carbonyl (C=O) groups excluding carboxylic acids is 1. The molecule has 1 heterocycles. The highest BCUT2D eigenvalue weighted by Gasteiger charge is 2.23. The van der Waals surface area contributed by atoms with Crippen LogP contribution in [0.2, 0.25) is 0 Å². The number of thioether (sulfide) groups is 1. The number of ether oxygens (including phenoxy) is 2. The quantitative estimate of drug-likeness (QED) is 0.581. The zero-order valence-corrected chi connectivity index (χ0v) is 16.9. The summed E-state index contributed by atoms with van der Waals surface area (Å²) in [5.74, 6) is 1.09. The van der Waals surface area contributed by atoms with Crippen LogP contribution in [0.4, 0.5) is 0 Å². The Morgan fingerprint density at radius 3 is 2.54 bits per heavy atom. The number of carbonyl (C=O) groups is 1. The summed E-state index contributed by atoms with van der Waals surface area (Å²) in [4.78, 5) is 17.0. The van der Waals surface area contributed by atoms with Crippen LogP contribution < -0.4 is 9.47 Å². The van der Waals surface area contributed by atoms with Gasteiger partial charge in [-0.2, -0.15) is 0 Å². The Morgan fingerprint density at radius 1 is 1.12 bits per heavy atom. The van der Waals surface area contributed by atoms with Crippen molar-refractivity contribution in [3.8, 4) is 11.5 Å². The number of rotatable bonds is 6. The molecule has 0 aliphatic carbocycles. The molecule has 2 aromatic carbocycles. The molecular formula is C20H18BrNO3S. The second-order valence-corrected chi connectivity index (χ2v) is 7.28. The van der Waals surface area contributed by atoms with E-state index in [-0.39, 0.29) is 5.91 Å². The molecule has 0 N–H and O–H groups in total. The monoisotopic (exact) mass is 431 g/mol. The Balaban J connectivity index is 1.90. The van der Waals surface area contributed by atoms with Crippen molar-refractivity contribution in [1.82, 2.24) is 0 Å². The number of hydrogen-bond donors (Lipinski definition) is 0. The first-order valence-corrected chi connectivity index (χ1v) is 9.90. The Kier molecular flexibility index (Phi) is 6.16. The Hall–Kier alpha value is -2.05. The van der Waals surface area contributed by atoms with Crippen LogP contribution in [0, 0.1) is 0 Å². The van der Waals surface area contributed by atoms with Crippen LogP contribution >= 0.6 is 27.7 Å². The first-order valence-electron chi connectivity index (χ1n) is 8.29. The fourth-order valence-electron chi connectivity index (χ4n) is 2.48. The molecule has 0 bridgehead atoms. The summed E-state index contributed by atoms with van der Waals surface area (Å²) in [6.45, 7) is 4.92. The van der Waals surface area contributed by atoms with Gasteiger partial charge in [0.25, 0.3) is 5.91 Å². The van der Waals surface area contributed by atoms with E-state index in [1.165, 1.54) is 11.8 Å². The van der Waals surface area contributed by atoms with Crippen LogP contribution in [0.25, 0.3) is 6.08 Å². The SMILES string of the molecule is CCOc1cc(/C=C2/SC(c3ccccc3)=NC2=O)cc(Br)c1OCC. The molecule has 1 aliphatic rings. The van der Waals surface area contributed by atoms with Gasteiger partial charge in [-0.05, 0) is 53.5 Å². The minimum Gasteiger partial charge on any atom is -0.490 e. The van der Waals surface area contributed by atoms with E-state index in [0.29, 0.717) is 29.6 Å². The van der Waals surface area contributed by atoms with E-state index in [4.69, 9.17) is 9.47 Å². The molecule has 4 nitrogen and oxygen atoms in total. The second kappa shape index (κ2) is 8.56. The highest BCUT2D eigenvalue weighted by atomic mass is 79.9. The molecule has 26 heavy (non-hydrogen) atoms. The minimum absolute atomic E-state index is 0.225. The summed E-state index contributed by atoms with van der Waals surface area (Å²) in [5, 5.41) is 0.719. The third-order valence-corrected chi connectivity index (χ3v) is 5.18. The average molecular weight is 432 g/mol. The molecule has 1 aliphatic heterocycles. The summed E-state index contributed by atoms with van der Waals surface area (Å²) in [6.07, 6.45) is 1.83. The van der Waals surface area contributed by atoms with Gasteiger partial charge in [0, 0.05) is 5.56 Å². The number of nitrogens with zero attached hydrogens (tertiary/aromatic N) is 1. The van der Waals surface area contributed by atoms with Gasteiger partial charge in [0.05, 0.1) is 22.6 Å². The van der Waals surface area contributed by atoms with E-state index in [9.17, 15) is 4.79 Å². The molecule has 6 heteroatoms. The van der Waals surface area contributed by atoms with Gasteiger partial charge in [0.1, 0.15) is 5.04 Å². The summed E-state index contributed by atoms with van der Waals surface area (Å²) in [5.41, 5.74) is 1.79. The summed E-state index contributed by atoms with van der Waals surface area (Å²) in [6, 6.07) is 13.5. The standard InChI is InChI=1S/C20H18BrNO3S/c1-3-24-16-11-13(10-15(21)18(16)25-4-2)12-17-19(23)22-20(26-17)14-8-6-5-7-9-14/h5-12H,3-4H2,1-2H3/b17-12+. The second-order valence-electron chi connectivity index (χ2n) is 5.39. The number of hydrogen-bond acceptors (Lipinski definition) is 4. The molecule has 0 atom stereocenters. The molecular weight excluding hydrogens is 414 g/mol. The number of amides is 1. The lowest BCUT2D eigenvalue weighted by atomic mass is 10.2. The van der Waals surface area contributed by atoms with Crippen molar-refractivity contribution in [1.29, 1.82) is 0 Å². The van der Waals surface area contributed by atoms with E-state index in [1.807, 2.05) is 62.4 Å². The lowest BCUT2D eigenvalue weighted by molar-refractivity contribution is -0.113. The lowest BCUT2D eigenvalue weighted by Gasteiger charge is -2.13. The van der Waals surface area contributed by atoms with Gasteiger partial charge >= 0.3 is 0 Å². The van der Waals surface area contributed by atoms with Crippen molar-refractivity contribution < 1.29 is 14.3 Å². The number of benzene rings is 2. The summed E-state index contributed by atoms with van der Waals surface area (Å²) >= 11 is 4.91. The lowest BCUT2D eigenvalue weighted by Crippen LogP contribution is -2.00. The van der Waals surface area contributed by atoms with Crippen molar-refractivity contribution in [2.45, 2.75) is 13.8 Å². The maximum atomic E-state index is 12.3. The molecule has 0 fully saturated rings. The van der Waals surface area contributed by atoms with E-state index in [2.05, 4.69) is 20.9 Å². The van der Waals surface area contributed by atoms with Crippen molar-refractivity contribution in [3.63, 3.8) is 0 Å². The van der Waals surface area contributed by atoms with Crippen molar-refractivity contribution in [2.75, 3.05) is 13.2 Å². The number of halogens is 1. The van der Waals surface area contributed by atoms with Crippen molar-refractivity contribution in [3.05, 3.63) is 63.0 Å². The molecule has 0 radical (unpaired) electrons. The highest BCUT2D eigenvalue weighted by Crippen LogP contribution is 2.39. The van der Waals surface area contributed by atoms with Crippen LogP contribution in [0.1, 0.15) is 25.0 Å². The normalized spacial score (nSPS) is 15.3. The molecule has 0 saturated carbocycles. The van der Waals surface area contributed by atoms with Gasteiger partial charge in [-0.15, -0.1) is 0 Å². The van der Waals surface area contributed by atoms with Crippen LogP contribution in [-0.4, -0.2) is 24.2 Å². The largest absolute Gasteiger partial charge is 0.490 e.